The van der Waals surface area contributed by atoms with Gasteiger partial charge in [-0.25, -0.2) is 4.98 Å². The van der Waals surface area contributed by atoms with Crippen LogP contribution >= 0.6 is 11.6 Å². The minimum absolute atomic E-state index is 0.651. The van der Waals surface area contributed by atoms with Crippen LogP contribution < -0.4 is 10.1 Å². The molecule has 0 atom stereocenters. The molecule has 0 aliphatic heterocycles. The maximum atomic E-state index is 5.86. The predicted molar refractivity (Wildman–Crippen MR) is 75.6 cm³/mol. The molecule has 1 aromatic carbocycles. The molecule has 4 heteroatoms. The van der Waals surface area contributed by atoms with Gasteiger partial charge in [0.15, 0.2) is 0 Å². The van der Waals surface area contributed by atoms with E-state index in [0.717, 1.165) is 17.9 Å². The van der Waals surface area contributed by atoms with E-state index in [1.165, 1.54) is 12.8 Å². The lowest BCUT2D eigenvalue weighted by Gasteiger charge is -2.10. The topological polar surface area (TPSA) is 34.1 Å². The number of ether oxygens (including phenoxy) is 1. The predicted octanol–water partition coefficient (Wildman–Crippen LogP) is 3.78. The van der Waals surface area contributed by atoms with Gasteiger partial charge in [0.1, 0.15) is 5.75 Å². The Bertz CT molecular complexity index is 552. The Labute approximate surface area is 117 Å². The van der Waals surface area contributed by atoms with Gasteiger partial charge in [0.25, 0.3) is 0 Å². The van der Waals surface area contributed by atoms with Crippen LogP contribution in [0.5, 0.6) is 11.6 Å². The second-order valence-corrected chi connectivity index (χ2v) is 5.12. The summed E-state index contributed by atoms with van der Waals surface area (Å²) < 4.78 is 5.81. The van der Waals surface area contributed by atoms with Crippen LogP contribution in [-0.2, 0) is 6.54 Å². The summed E-state index contributed by atoms with van der Waals surface area (Å²) in [7, 11) is 0. The standard InChI is InChI=1S/C15H15ClN2O/c16-12-3-7-14(8-4-12)19-15-11(2-1-9-17-15)10-18-13-5-6-13/h1-4,7-9,13,18H,5-6,10H2. The lowest BCUT2D eigenvalue weighted by molar-refractivity contribution is 0.452. The summed E-state index contributed by atoms with van der Waals surface area (Å²) in [5.41, 5.74) is 1.07. The average molecular weight is 275 g/mol. The minimum Gasteiger partial charge on any atom is -0.439 e. The lowest BCUT2D eigenvalue weighted by atomic mass is 10.2. The van der Waals surface area contributed by atoms with Crippen molar-refractivity contribution in [3.05, 3.63) is 53.2 Å². The first-order valence-electron chi connectivity index (χ1n) is 6.42. The first kappa shape index (κ1) is 12.5. The molecule has 0 amide bonds. The quantitative estimate of drug-likeness (QED) is 0.901. The number of halogens is 1. The Kier molecular flexibility index (Phi) is 3.67. The Morgan fingerprint density at radius 2 is 2.00 bits per heavy atom. The third-order valence-corrected chi connectivity index (χ3v) is 3.29. The summed E-state index contributed by atoms with van der Waals surface area (Å²) in [4.78, 5) is 4.30. The molecule has 2 aromatic rings. The smallest absolute Gasteiger partial charge is 0.223 e. The normalized spacial score (nSPS) is 14.4. The van der Waals surface area contributed by atoms with Gasteiger partial charge in [-0.15, -0.1) is 0 Å². The van der Waals surface area contributed by atoms with E-state index < -0.39 is 0 Å². The van der Waals surface area contributed by atoms with Crippen molar-refractivity contribution in [2.75, 3.05) is 0 Å². The third kappa shape index (κ3) is 3.46. The third-order valence-electron chi connectivity index (χ3n) is 3.04. The zero-order valence-electron chi connectivity index (χ0n) is 10.5. The lowest BCUT2D eigenvalue weighted by Crippen LogP contribution is -2.16. The molecule has 0 spiro atoms. The van der Waals surface area contributed by atoms with Crippen molar-refractivity contribution in [1.29, 1.82) is 0 Å². The molecule has 1 N–H and O–H groups in total. The number of pyridine rings is 1. The first-order chi connectivity index (χ1) is 9.31. The number of nitrogens with zero attached hydrogens (tertiary/aromatic N) is 1. The van der Waals surface area contributed by atoms with Gasteiger partial charge in [-0.1, -0.05) is 17.7 Å². The Hall–Kier alpha value is -1.58. The molecule has 19 heavy (non-hydrogen) atoms. The highest BCUT2D eigenvalue weighted by Gasteiger charge is 2.20. The van der Waals surface area contributed by atoms with Crippen molar-refractivity contribution in [3.8, 4) is 11.6 Å². The van der Waals surface area contributed by atoms with Gasteiger partial charge in [0.05, 0.1) is 0 Å². The number of benzene rings is 1. The number of hydrogen-bond donors (Lipinski definition) is 1. The molecule has 1 saturated carbocycles. The van der Waals surface area contributed by atoms with Crippen LogP contribution in [0.15, 0.2) is 42.6 Å². The van der Waals surface area contributed by atoms with E-state index in [-0.39, 0.29) is 0 Å². The minimum atomic E-state index is 0.651. The molecule has 1 heterocycles. The van der Waals surface area contributed by atoms with Gasteiger partial charge in [0, 0.05) is 29.4 Å². The van der Waals surface area contributed by atoms with E-state index in [1.54, 1.807) is 6.20 Å². The molecule has 3 rings (SSSR count). The summed E-state index contributed by atoms with van der Waals surface area (Å²) in [5, 5.41) is 4.17. The summed E-state index contributed by atoms with van der Waals surface area (Å²) in [5.74, 6) is 1.40. The van der Waals surface area contributed by atoms with E-state index in [1.807, 2.05) is 36.4 Å². The average Bonchev–Trinajstić information content (AvgIpc) is 3.25. The second kappa shape index (κ2) is 5.59. The van der Waals surface area contributed by atoms with Crippen molar-refractivity contribution < 1.29 is 4.74 Å². The number of aromatic nitrogens is 1. The largest absolute Gasteiger partial charge is 0.439 e. The fraction of sp³-hybridized carbons (Fsp3) is 0.267. The second-order valence-electron chi connectivity index (χ2n) is 4.68. The molecular formula is C15H15ClN2O. The van der Waals surface area contributed by atoms with Gasteiger partial charge in [-0.2, -0.15) is 0 Å². The van der Waals surface area contributed by atoms with Crippen LogP contribution in [0, 0.1) is 0 Å². The molecule has 1 fully saturated rings. The van der Waals surface area contributed by atoms with Crippen LogP contribution in [-0.4, -0.2) is 11.0 Å². The Balaban J connectivity index is 1.73. The van der Waals surface area contributed by atoms with Crippen molar-refractivity contribution in [2.45, 2.75) is 25.4 Å². The zero-order valence-corrected chi connectivity index (χ0v) is 11.2. The van der Waals surface area contributed by atoms with Gasteiger partial charge in [-0.05, 0) is 43.2 Å². The number of nitrogens with one attached hydrogen (secondary N) is 1. The van der Waals surface area contributed by atoms with Crippen molar-refractivity contribution >= 4 is 11.6 Å². The van der Waals surface area contributed by atoms with Crippen molar-refractivity contribution in [1.82, 2.24) is 10.3 Å². The highest BCUT2D eigenvalue weighted by atomic mass is 35.5. The summed E-state index contributed by atoms with van der Waals surface area (Å²) in [6.45, 7) is 0.793. The van der Waals surface area contributed by atoms with E-state index in [9.17, 15) is 0 Å². The Morgan fingerprint density at radius 3 is 2.74 bits per heavy atom. The molecule has 0 saturated heterocycles. The number of hydrogen-bond acceptors (Lipinski definition) is 3. The SMILES string of the molecule is Clc1ccc(Oc2ncccc2CNC2CC2)cc1. The summed E-state index contributed by atoms with van der Waals surface area (Å²) >= 11 is 5.86. The van der Waals surface area contributed by atoms with Crippen molar-refractivity contribution in [3.63, 3.8) is 0 Å². The van der Waals surface area contributed by atoms with Gasteiger partial charge < -0.3 is 10.1 Å². The highest BCUT2D eigenvalue weighted by Crippen LogP contribution is 2.25. The van der Waals surface area contributed by atoms with Crippen LogP contribution in [0.1, 0.15) is 18.4 Å². The molecule has 0 bridgehead atoms. The Morgan fingerprint density at radius 1 is 1.21 bits per heavy atom. The summed E-state index contributed by atoms with van der Waals surface area (Å²) in [6.07, 6.45) is 4.28. The van der Waals surface area contributed by atoms with Gasteiger partial charge in [0.2, 0.25) is 5.88 Å². The van der Waals surface area contributed by atoms with E-state index in [2.05, 4.69) is 10.3 Å². The molecule has 1 aliphatic rings. The fourth-order valence-electron chi connectivity index (χ4n) is 1.81. The molecule has 98 valence electrons. The van der Waals surface area contributed by atoms with Crippen LogP contribution in [0.25, 0.3) is 0 Å². The van der Waals surface area contributed by atoms with E-state index >= 15 is 0 Å². The zero-order chi connectivity index (χ0) is 13.1. The monoisotopic (exact) mass is 274 g/mol. The molecule has 0 radical (unpaired) electrons. The highest BCUT2D eigenvalue weighted by molar-refractivity contribution is 6.30. The molecule has 1 aromatic heterocycles. The van der Waals surface area contributed by atoms with E-state index in [4.69, 9.17) is 16.3 Å². The molecule has 1 aliphatic carbocycles. The number of rotatable bonds is 5. The maximum absolute atomic E-state index is 5.86. The molecule has 0 unspecified atom stereocenters. The van der Waals surface area contributed by atoms with E-state index in [0.29, 0.717) is 16.9 Å². The summed E-state index contributed by atoms with van der Waals surface area (Å²) in [6, 6.07) is 11.9. The van der Waals surface area contributed by atoms with Crippen molar-refractivity contribution in [2.24, 2.45) is 0 Å². The van der Waals surface area contributed by atoms with Gasteiger partial charge in [-0.3, -0.25) is 0 Å². The first-order valence-corrected chi connectivity index (χ1v) is 6.80. The molecule has 3 nitrogen and oxygen atoms in total. The van der Waals surface area contributed by atoms with Crippen LogP contribution in [0.3, 0.4) is 0 Å². The van der Waals surface area contributed by atoms with Crippen LogP contribution in [0.2, 0.25) is 5.02 Å². The van der Waals surface area contributed by atoms with Crippen LogP contribution in [0.4, 0.5) is 0 Å². The maximum Gasteiger partial charge on any atom is 0.223 e. The van der Waals surface area contributed by atoms with Gasteiger partial charge >= 0.3 is 0 Å². The fourth-order valence-corrected chi connectivity index (χ4v) is 1.93. The molecular weight excluding hydrogens is 260 g/mol.